The SMILES string of the molecule is O=C1NC(=O)N(c2cccc([N+](=O)[O-])c2)C(=O)/C1=C/c1cc(Cl)c(OCc2ccccc2)c(Cl)c1. The highest BCUT2D eigenvalue weighted by Crippen LogP contribution is 2.36. The molecule has 0 atom stereocenters. The van der Waals surface area contributed by atoms with Gasteiger partial charge in [0, 0.05) is 12.1 Å². The van der Waals surface area contributed by atoms with Crippen LogP contribution in [0.15, 0.2) is 72.3 Å². The average Bonchev–Trinajstić information content (AvgIpc) is 2.82. The number of barbiturate groups is 1. The Kier molecular flexibility index (Phi) is 6.81. The number of nitrogens with one attached hydrogen (secondary N) is 1. The van der Waals surface area contributed by atoms with Crippen LogP contribution in [0.5, 0.6) is 5.75 Å². The average molecular weight is 512 g/mol. The second-order valence-electron chi connectivity index (χ2n) is 7.32. The fraction of sp³-hybridized carbons (Fsp3) is 0.0417. The number of hydrogen-bond acceptors (Lipinski definition) is 6. The van der Waals surface area contributed by atoms with E-state index < -0.39 is 22.8 Å². The number of nitro benzene ring substituents is 1. The molecular weight excluding hydrogens is 497 g/mol. The van der Waals surface area contributed by atoms with E-state index in [1.54, 1.807) is 0 Å². The number of halogens is 2. The summed E-state index contributed by atoms with van der Waals surface area (Å²) in [7, 11) is 0. The van der Waals surface area contributed by atoms with E-state index in [0.29, 0.717) is 10.5 Å². The van der Waals surface area contributed by atoms with Crippen molar-refractivity contribution >= 4 is 58.5 Å². The highest BCUT2D eigenvalue weighted by molar-refractivity contribution is 6.40. The molecule has 0 bridgehead atoms. The summed E-state index contributed by atoms with van der Waals surface area (Å²) < 4.78 is 5.72. The molecule has 1 saturated heterocycles. The van der Waals surface area contributed by atoms with E-state index in [4.69, 9.17) is 27.9 Å². The van der Waals surface area contributed by atoms with Crippen LogP contribution >= 0.6 is 23.2 Å². The number of nitro groups is 1. The van der Waals surface area contributed by atoms with Gasteiger partial charge in [0.15, 0.2) is 5.75 Å². The molecule has 0 spiro atoms. The van der Waals surface area contributed by atoms with E-state index in [1.807, 2.05) is 30.3 Å². The lowest BCUT2D eigenvalue weighted by Gasteiger charge is -2.26. The fourth-order valence-electron chi connectivity index (χ4n) is 3.33. The second-order valence-corrected chi connectivity index (χ2v) is 8.14. The molecule has 0 radical (unpaired) electrons. The van der Waals surface area contributed by atoms with Gasteiger partial charge in [0.25, 0.3) is 17.5 Å². The van der Waals surface area contributed by atoms with Crippen molar-refractivity contribution in [1.29, 1.82) is 0 Å². The molecule has 3 aromatic rings. The van der Waals surface area contributed by atoms with Crippen LogP contribution in [0.2, 0.25) is 10.0 Å². The summed E-state index contributed by atoms with van der Waals surface area (Å²) in [6.07, 6.45) is 1.22. The molecule has 1 N–H and O–H groups in total. The molecule has 35 heavy (non-hydrogen) atoms. The molecule has 0 aliphatic carbocycles. The fourth-order valence-corrected chi connectivity index (χ4v) is 3.95. The molecule has 4 rings (SSSR count). The van der Waals surface area contributed by atoms with Crippen LogP contribution in [0.3, 0.4) is 0 Å². The predicted molar refractivity (Wildman–Crippen MR) is 129 cm³/mol. The number of benzene rings is 3. The molecule has 1 aliphatic heterocycles. The molecule has 1 fully saturated rings. The van der Waals surface area contributed by atoms with Crippen LogP contribution in [0.1, 0.15) is 11.1 Å². The number of ether oxygens (including phenoxy) is 1. The number of imide groups is 2. The van der Waals surface area contributed by atoms with E-state index in [2.05, 4.69) is 5.32 Å². The normalized spacial score (nSPS) is 14.7. The van der Waals surface area contributed by atoms with Gasteiger partial charge in [-0.25, -0.2) is 9.69 Å². The molecule has 0 saturated carbocycles. The van der Waals surface area contributed by atoms with Crippen molar-refractivity contribution in [2.45, 2.75) is 6.61 Å². The number of amides is 4. The first kappa shape index (κ1) is 23.9. The van der Waals surface area contributed by atoms with Gasteiger partial charge in [-0.15, -0.1) is 0 Å². The quantitative estimate of drug-likeness (QED) is 0.211. The number of rotatable bonds is 6. The van der Waals surface area contributed by atoms with Crippen LogP contribution in [-0.2, 0) is 16.2 Å². The number of nitrogens with zero attached hydrogens (tertiary/aromatic N) is 2. The number of carbonyl (C=O) groups is 3. The summed E-state index contributed by atoms with van der Waals surface area (Å²) in [5.41, 5.74) is 0.428. The molecule has 1 aliphatic rings. The van der Waals surface area contributed by atoms with Crippen molar-refractivity contribution in [3.05, 3.63) is 104 Å². The van der Waals surface area contributed by atoms with Gasteiger partial charge in [0.2, 0.25) is 0 Å². The van der Waals surface area contributed by atoms with Crippen LogP contribution in [0, 0.1) is 10.1 Å². The Morgan fingerprint density at radius 3 is 2.31 bits per heavy atom. The number of anilines is 1. The summed E-state index contributed by atoms with van der Waals surface area (Å²) in [4.78, 5) is 48.9. The standard InChI is InChI=1S/C24H15Cl2N3O6/c25-19-10-15(11-20(26)21(19)35-13-14-5-2-1-3-6-14)9-18-22(30)27-24(32)28(23(18)31)16-7-4-8-17(12-16)29(33)34/h1-12H,13H2,(H,27,30,32)/b18-9+. The molecule has 0 aromatic heterocycles. The second kappa shape index (κ2) is 9.96. The monoisotopic (exact) mass is 511 g/mol. The summed E-state index contributed by atoms with van der Waals surface area (Å²) in [6.45, 7) is 0.224. The lowest BCUT2D eigenvalue weighted by atomic mass is 10.1. The zero-order valence-corrected chi connectivity index (χ0v) is 19.2. The van der Waals surface area contributed by atoms with E-state index in [-0.39, 0.29) is 39.3 Å². The minimum atomic E-state index is -1.03. The number of hydrogen-bond donors (Lipinski definition) is 1. The van der Waals surface area contributed by atoms with E-state index in [1.165, 1.54) is 36.4 Å². The Balaban J connectivity index is 1.63. The highest BCUT2D eigenvalue weighted by Gasteiger charge is 2.37. The summed E-state index contributed by atoms with van der Waals surface area (Å²) in [6, 6.07) is 16.2. The van der Waals surface area contributed by atoms with Crippen molar-refractivity contribution < 1.29 is 24.0 Å². The summed E-state index contributed by atoms with van der Waals surface area (Å²) >= 11 is 12.7. The Hall–Kier alpha value is -4.21. The lowest BCUT2D eigenvalue weighted by Crippen LogP contribution is -2.54. The third-order valence-electron chi connectivity index (χ3n) is 4.96. The van der Waals surface area contributed by atoms with Gasteiger partial charge < -0.3 is 4.74 Å². The van der Waals surface area contributed by atoms with E-state index >= 15 is 0 Å². The van der Waals surface area contributed by atoms with Crippen LogP contribution in [0.4, 0.5) is 16.2 Å². The molecule has 176 valence electrons. The molecule has 9 nitrogen and oxygen atoms in total. The Morgan fingerprint density at radius 2 is 1.66 bits per heavy atom. The molecule has 11 heteroatoms. The van der Waals surface area contributed by atoms with Gasteiger partial charge in [0.1, 0.15) is 12.2 Å². The Labute approximate surface area is 208 Å². The Morgan fingerprint density at radius 1 is 0.971 bits per heavy atom. The van der Waals surface area contributed by atoms with Crippen molar-refractivity contribution in [2.75, 3.05) is 4.90 Å². The van der Waals surface area contributed by atoms with Crippen LogP contribution in [-0.4, -0.2) is 22.8 Å². The topological polar surface area (TPSA) is 119 Å². The van der Waals surface area contributed by atoms with Crippen molar-refractivity contribution in [3.63, 3.8) is 0 Å². The first-order chi connectivity index (χ1) is 16.7. The van der Waals surface area contributed by atoms with Gasteiger partial charge in [0.05, 0.1) is 20.7 Å². The van der Waals surface area contributed by atoms with E-state index in [9.17, 15) is 24.5 Å². The number of urea groups is 1. The van der Waals surface area contributed by atoms with Gasteiger partial charge >= 0.3 is 6.03 Å². The predicted octanol–water partition coefficient (Wildman–Crippen LogP) is 5.15. The minimum absolute atomic E-state index is 0.0687. The third kappa shape index (κ3) is 5.16. The largest absolute Gasteiger partial charge is 0.486 e. The minimum Gasteiger partial charge on any atom is -0.486 e. The van der Waals surface area contributed by atoms with Gasteiger partial charge in [-0.3, -0.25) is 25.0 Å². The summed E-state index contributed by atoms with van der Waals surface area (Å²) in [5.74, 6) is -1.67. The number of carbonyl (C=O) groups excluding carboxylic acids is 3. The highest BCUT2D eigenvalue weighted by atomic mass is 35.5. The zero-order chi connectivity index (χ0) is 25.1. The molecule has 4 amide bonds. The van der Waals surface area contributed by atoms with Gasteiger partial charge in [-0.05, 0) is 35.4 Å². The molecule has 3 aromatic carbocycles. The number of non-ortho nitro benzene ring substituents is 1. The van der Waals surface area contributed by atoms with Crippen molar-refractivity contribution in [2.24, 2.45) is 0 Å². The maximum Gasteiger partial charge on any atom is 0.335 e. The third-order valence-corrected chi connectivity index (χ3v) is 5.52. The maximum atomic E-state index is 13.0. The van der Waals surface area contributed by atoms with Gasteiger partial charge in [-0.1, -0.05) is 59.6 Å². The van der Waals surface area contributed by atoms with Crippen molar-refractivity contribution in [3.8, 4) is 5.75 Å². The molecular formula is C24H15Cl2N3O6. The maximum absolute atomic E-state index is 13.0. The van der Waals surface area contributed by atoms with Crippen LogP contribution < -0.4 is 15.0 Å². The van der Waals surface area contributed by atoms with E-state index in [0.717, 1.165) is 11.6 Å². The van der Waals surface area contributed by atoms with Crippen molar-refractivity contribution in [1.82, 2.24) is 5.32 Å². The first-order valence-electron chi connectivity index (χ1n) is 10.1. The Bertz CT molecular complexity index is 1370. The summed E-state index contributed by atoms with van der Waals surface area (Å²) in [5, 5.41) is 13.4. The molecule has 1 heterocycles. The van der Waals surface area contributed by atoms with Gasteiger partial charge in [-0.2, -0.15) is 0 Å². The smallest absolute Gasteiger partial charge is 0.335 e. The molecule has 0 unspecified atom stereocenters. The lowest BCUT2D eigenvalue weighted by molar-refractivity contribution is -0.384. The zero-order valence-electron chi connectivity index (χ0n) is 17.7. The van der Waals surface area contributed by atoms with Crippen LogP contribution in [0.25, 0.3) is 6.08 Å². The first-order valence-corrected chi connectivity index (χ1v) is 10.8.